The largest absolute Gasteiger partial charge is 0.375 e. The average Bonchev–Trinajstić information content (AvgIpc) is 2.89. The standard InChI is InChI=1S/C15H24N4OS.HI/c1-11-10-19(8-9-20-11)15(16)17-7-6-14-18-12-4-2-3-5-13(12)21-14;/h11H,2-10H2,1H3,(H2,16,17);1H. The van der Waals surface area contributed by atoms with Gasteiger partial charge in [0.05, 0.1) is 23.4 Å². The monoisotopic (exact) mass is 436 g/mol. The van der Waals surface area contributed by atoms with Gasteiger partial charge in [-0.15, -0.1) is 35.3 Å². The average molecular weight is 436 g/mol. The summed E-state index contributed by atoms with van der Waals surface area (Å²) in [5.41, 5.74) is 7.41. The molecule has 22 heavy (non-hydrogen) atoms. The van der Waals surface area contributed by atoms with Crippen LogP contribution in [0.15, 0.2) is 4.99 Å². The highest BCUT2D eigenvalue weighted by Gasteiger charge is 2.18. The van der Waals surface area contributed by atoms with E-state index in [4.69, 9.17) is 15.5 Å². The van der Waals surface area contributed by atoms with Gasteiger partial charge in [-0.2, -0.15) is 0 Å². The van der Waals surface area contributed by atoms with Crippen molar-refractivity contribution >= 4 is 41.3 Å². The zero-order chi connectivity index (χ0) is 14.7. The van der Waals surface area contributed by atoms with E-state index in [2.05, 4.69) is 16.8 Å². The molecule has 3 rings (SSSR count). The van der Waals surface area contributed by atoms with Gasteiger partial charge in [0.15, 0.2) is 5.96 Å². The second-order valence-electron chi connectivity index (χ2n) is 5.80. The van der Waals surface area contributed by atoms with Gasteiger partial charge in [-0.05, 0) is 32.6 Å². The van der Waals surface area contributed by atoms with Crippen LogP contribution < -0.4 is 5.73 Å². The number of aromatic nitrogens is 1. The smallest absolute Gasteiger partial charge is 0.191 e. The molecular weight excluding hydrogens is 411 g/mol. The first-order valence-corrected chi connectivity index (χ1v) is 8.68. The normalized spacial score (nSPS) is 22.1. The van der Waals surface area contributed by atoms with E-state index in [1.807, 2.05) is 11.3 Å². The molecule has 0 spiro atoms. The minimum atomic E-state index is 0. The SMILES string of the molecule is CC1CN(C(N)=NCCc2nc3c(s2)CCCC3)CCO1.I. The summed E-state index contributed by atoms with van der Waals surface area (Å²) in [6.45, 7) is 5.20. The van der Waals surface area contributed by atoms with Crippen molar-refractivity contribution in [1.82, 2.24) is 9.88 Å². The first-order valence-electron chi connectivity index (χ1n) is 7.86. The molecule has 7 heteroatoms. The summed E-state index contributed by atoms with van der Waals surface area (Å²) in [7, 11) is 0. The lowest BCUT2D eigenvalue weighted by Gasteiger charge is -2.31. The molecule has 2 heterocycles. The highest BCUT2D eigenvalue weighted by Crippen LogP contribution is 2.26. The lowest BCUT2D eigenvalue weighted by Crippen LogP contribution is -2.47. The number of morpholine rings is 1. The lowest BCUT2D eigenvalue weighted by atomic mass is 10.0. The molecule has 1 saturated heterocycles. The summed E-state index contributed by atoms with van der Waals surface area (Å²) in [5.74, 6) is 0.645. The molecule has 5 nitrogen and oxygen atoms in total. The van der Waals surface area contributed by atoms with Crippen LogP contribution in [0.25, 0.3) is 0 Å². The number of halogens is 1. The van der Waals surface area contributed by atoms with E-state index in [9.17, 15) is 0 Å². The van der Waals surface area contributed by atoms with Crippen molar-refractivity contribution in [3.63, 3.8) is 0 Å². The van der Waals surface area contributed by atoms with Crippen molar-refractivity contribution in [3.8, 4) is 0 Å². The number of nitrogens with zero attached hydrogens (tertiary/aromatic N) is 3. The molecule has 1 atom stereocenters. The minimum Gasteiger partial charge on any atom is -0.375 e. The number of fused-ring (bicyclic) bond motifs is 1. The van der Waals surface area contributed by atoms with Crippen LogP contribution in [0.3, 0.4) is 0 Å². The van der Waals surface area contributed by atoms with Crippen LogP contribution in [0.2, 0.25) is 0 Å². The van der Waals surface area contributed by atoms with E-state index in [1.54, 1.807) is 0 Å². The van der Waals surface area contributed by atoms with Crippen molar-refractivity contribution in [2.75, 3.05) is 26.2 Å². The van der Waals surface area contributed by atoms with Crippen molar-refractivity contribution in [3.05, 3.63) is 15.6 Å². The number of hydrogen-bond donors (Lipinski definition) is 1. The third kappa shape index (κ3) is 4.55. The second-order valence-corrected chi connectivity index (χ2v) is 6.97. The Labute approximate surface area is 153 Å². The van der Waals surface area contributed by atoms with Gasteiger partial charge in [0.1, 0.15) is 0 Å². The zero-order valence-corrected chi connectivity index (χ0v) is 16.2. The quantitative estimate of drug-likeness (QED) is 0.449. The number of thiazole rings is 1. The summed E-state index contributed by atoms with van der Waals surface area (Å²) < 4.78 is 5.52. The minimum absolute atomic E-state index is 0. The van der Waals surface area contributed by atoms with E-state index >= 15 is 0 Å². The van der Waals surface area contributed by atoms with Crippen LogP contribution in [0, 0.1) is 0 Å². The van der Waals surface area contributed by atoms with Gasteiger partial charge in [-0.1, -0.05) is 0 Å². The number of aryl methyl sites for hydroxylation is 2. The first-order chi connectivity index (χ1) is 10.2. The highest BCUT2D eigenvalue weighted by atomic mass is 127. The Bertz CT molecular complexity index is 496. The lowest BCUT2D eigenvalue weighted by molar-refractivity contribution is 0.00530. The Balaban J connectivity index is 0.00000176. The molecule has 1 aromatic heterocycles. The maximum Gasteiger partial charge on any atom is 0.191 e. The van der Waals surface area contributed by atoms with Crippen LogP contribution in [-0.4, -0.2) is 48.2 Å². The molecule has 0 bridgehead atoms. The van der Waals surface area contributed by atoms with Crippen molar-refractivity contribution in [2.45, 2.75) is 45.1 Å². The van der Waals surface area contributed by atoms with Gasteiger partial charge in [-0.3, -0.25) is 4.99 Å². The Hall–Kier alpha value is -0.410. The van der Waals surface area contributed by atoms with Crippen LogP contribution in [0.4, 0.5) is 0 Å². The van der Waals surface area contributed by atoms with E-state index in [0.29, 0.717) is 5.96 Å². The van der Waals surface area contributed by atoms with Gasteiger partial charge >= 0.3 is 0 Å². The molecule has 0 aromatic carbocycles. The maximum atomic E-state index is 6.08. The van der Waals surface area contributed by atoms with Crippen LogP contribution in [0.5, 0.6) is 0 Å². The molecular formula is C15H25IN4OS. The van der Waals surface area contributed by atoms with Crippen molar-refractivity contribution < 1.29 is 4.74 Å². The summed E-state index contributed by atoms with van der Waals surface area (Å²) in [6.07, 6.45) is 6.11. The van der Waals surface area contributed by atoms with Gasteiger partial charge in [0, 0.05) is 30.9 Å². The van der Waals surface area contributed by atoms with E-state index in [0.717, 1.165) is 39.1 Å². The molecule has 0 saturated carbocycles. The molecule has 1 fully saturated rings. The summed E-state index contributed by atoms with van der Waals surface area (Å²) in [5, 5.41) is 1.22. The second kappa shape index (κ2) is 8.44. The molecule has 1 aliphatic carbocycles. The fourth-order valence-corrected chi connectivity index (χ4v) is 4.05. The highest BCUT2D eigenvalue weighted by molar-refractivity contribution is 14.0. The van der Waals surface area contributed by atoms with Gasteiger partial charge < -0.3 is 15.4 Å². The maximum absolute atomic E-state index is 6.08. The number of aliphatic imine (C=N–C) groups is 1. The molecule has 0 radical (unpaired) electrons. The number of hydrogen-bond acceptors (Lipinski definition) is 4. The fraction of sp³-hybridized carbons (Fsp3) is 0.733. The Morgan fingerprint density at radius 1 is 1.45 bits per heavy atom. The molecule has 1 aromatic rings. The van der Waals surface area contributed by atoms with Gasteiger partial charge in [0.2, 0.25) is 0 Å². The Morgan fingerprint density at radius 3 is 3.05 bits per heavy atom. The molecule has 2 aliphatic rings. The van der Waals surface area contributed by atoms with Crippen molar-refractivity contribution in [2.24, 2.45) is 10.7 Å². The van der Waals surface area contributed by atoms with Gasteiger partial charge in [0.25, 0.3) is 0 Å². The predicted molar refractivity (Wildman–Crippen MR) is 101 cm³/mol. The van der Waals surface area contributed by atoms with E-state index in [1.165, 1.54) is 34.8 Å². The topological polar surface area (TPSA) is 63.7 Å². The Kier molecular flexibility index (Phi) is 6.88. The zero-order valence-electron chi connectivity index (χ0n) is 13.1. The molecule has 1 aliphatic heterocycles. The number of guanidine groups is 1. The molecule has 124 valence electrons. The molecule has 0 amide bonds. The number of nitrogens with two attached hydrogens (primary N) is 1. The summed E-state index contributed by atoms with van der Waals surface area (Å²) >= 11 is 1.87. The van der Waals surface area contributed by atoms with Crippen molar-refractivity contribution in [1.29, 1.82) is 0 Å². The number of rotatable bonds is 3. The van der Waals surface area contributed by atoms with Crippen LogP contribution in [-0.2, 0) is 24.0 Å². The van der Waals surface area contributed by atoms with E-state index < -0.39 is 0 Å². The third-order valence-electron chi connectivity index (χ3n) is 4.05. The van der Waals surface area contributed by atoms with E-state index in [-0.39, 0.29) is 30.1 Å². The fourth-order valence-electron chi connectivity index (χ4n) is 2.91. The predicted octanol–water partition coefficient (Wildman–Crippen LogP) is 2.22. The Morgan fingerprint density at radius 2 is 2.27 bits per heavy atom. The third-order valence-corrected chi connectivity index (χ3v) is 5.27. The van der Waals surface area contributed by atoms with Crippen LogP contribution in [0.1, 0.15) is 35.3 Å². The first kappa shape index (κ1) is 17.9. The summed E-state index contributed by atoms with van der Waals surface area (Å²) in [6, 6.07) is 0. The van der Waals surface area contributed by atoms with Crippen LogP contribution >= 0.6 is 35.3 Å². The molecule has 1 unspecified atom stereocenters. The summed E-state index contributed by atoms with van der Waals surface area (Å²) in [4.78, 5) is 12.9. The molecule has 2 N–H and O–H groups in total. The number of ether oxygens (including phenoxy) is 1. The van der Waals surface area contributed by atoms with Gasteiger partial charge in [-0.25, -0.2) is 4.98 Å².